The van der Waals surface area contributed by atoms with Crippen molar-refractivity contribution >= 4 is 18.3 Å². The number of halogens is 1. The third kappa shape index (κ3) is 3.43. The molecule has 5 nitrogen and oxygen atoms in total. The quantitative estimate of drug-likeness (QED) is 0.574. The van der Waals surface area contributed by atoms with E-state index in [2.05, 4.69) is 16.0 Å². The summed E-state index contributed by atoms with van der Waals surface area (Å²) in [4.78, 5) is 12.9. The molecule has 138 valence electrons. The standard InChI is InChI=1S/C19H27N3O2.ClH/c23-18(22-12-21-17-15-10-20-11-16(15)17)19(24,14-8-4-5-9-14)13-6-2-1-3-7-13;/h1-3,6-7,14-17,20-21,24H,4-5,8-12H2,(H,22,23);1H/t15-,16+,17?,19-;/m0./s1. The zero-order valence-electron chi connectivity index (χ0n) is 14.4. The zero-order chi connectivity index (χ0) is 16.6. The van der Waals surface area contributed by atoms with Gasteiger partial charge in [-0.3, -0.25) is 10.1 Å². The average molecular weight is 366 g/mol. The lowest BCUT2D eigenvalue weighted by molar-refractivity contribution is -0.147. The van der Waals surface area contributed by atoms with Crippen molar-refractivity contribution < 1.29 is 9.90 Å². The fourth-order valence-corrected chi connectivity index (χ4v) is 4.69. The van der Waals surface area contributed by atoms with Gasteiger partial charge >= 0.3 is 0 Å². The molecule has 1 unspecified atom stereocenters. The van der Waals surface area contributed by atoms with E-state index in [9.17, 15) is 9.90 Å². The van der Waals surface area contributed by atoms with Gasteiger partial charge in [-0.1, -0.05) is 43.2 Å². The third-order valence-electron chi connectivity index (χ3n) is 6.18. The molecule has 1 aromatic carbocycles. The first kappa shape index (κ1) is 18.6. The summed E-state index contributed by atoms with van der Waals surface area (Å²) in [7, 11) is 0. The van der Waals surface area contributed by atoms with Crippen molar-refractivity contribution in [2.24, 2.45) is 17.8 Å². The van der Waals surface area contributed by atoms with E-state index < -0.39 is 5.60 Å². The molecule has 3 aliphatic rings. The van der Waals surface area contributed by atoms with E-state index in [1.165, 1.54) is 0 Å². The molecule has 2 aliphatic carbocycles. The second-order valence-electron chi connectivity index (χ2n) is 7.51. The van der Waals surface area contributed by atoms with Crippen molar-refractivity contribution in [3.8, 4) is 0 Å². The molecule has 1 aliphatic heterocycles. The van der Waals surface area contributed by atoms with Crippen molar-refractivity contribution in [1.29, 1.82) is 0 Å². The van der Waals surface area contributed by atoms with Crippen molar-refractivity contribution in [3.63, 3.8) is 0 Å². The summed E-state index contributed by atoms with van der Waals surface area (Å²) in [6.45, 7) is 2.58. The van der Waals surface area contributed by atoms with Crippen LogP contribution in [0.3, 0.4) is 0 Å². The number of fused-ring (bicyclic) bond motifs is 1. The van der Waals surface area contributed by atoms with Gasteiger partial charge in [0.2, 0.25) is 0 Å². The van der Waals surface area contributed by atoms with E-state index in [0.717, 1.165) is 38.8 Å². The number of hydrogen-bond acceptors (Lipinski definition) is 4. The van der Waals surface area contributed by atoms with E-state index in [-0.39, 0.29) is 24.2 Å². The number of carbonyl (C=O) groups is 1. The van der Waals surface area contributed by atoms with E-state index in [4.69, 9.17) is 0 Å². The van der Waals surface area contributed by atoms with Crippen molar-refractivity contribution in [2.75, 3.05) is 19.8 Å². The molecule has 4 N–H and O–H groups in total. The average Bonchev–Trinajstić information content (AvgIpc) is 3.07. The van der Waals surface area contributed by atoms with Gasteiger partial charge in [-0.2, -0.15) is 0 Å². The summed E-state index contributed by atoms with van der Waals surface area (Å²) in [5.74, 6) is 1.16. The molecule has 4 rings (SSSR count). The predicted octanol–water partition coefficient (Wildman–Crippen LogP) is 1.37. The number of aliphatic hydroxyl groups is 1. The van der Waals surface area contributed by atoms with Gasteiger partial charge in [-0.25, -0.2) is 0 Å². The molecule has 1 aromatic rings. The van der Waals surface area contributed by atoms with Crippen LogP contribution < -0.4 is 16.0 Å². The van der Waals surface area contributed by atoms with Crippen LogP contribution >= 0.6 is 12.4 Å². The van der Waals surface area contributed by atoms with Gasteiger partial charge in [-0.15, -0.1) is 12.4 Å². The van der Waals surface area contributed by atoms with E-state index in [1.54, 1.807) is 0 Å². The minimum atomic E-state index is -1.42. The Labute approximate surface area is 155 Å². The fraction of sp³-hybridized carbons (Fsp3) is 0.632. The molecule has 0 radical (unpaired) electrons. The number of piperidine rings is 1. The summed E-state index contributed by atoms with van der Waals surface area (Å²) >= 11 is 0. The largest absolute Gasteiger partial charge is 0.375 e. The second-order valence-corrected chi connectivity index (χ2v) is 7.51. The van der Waals surface area contributed by atoms with Crippen LogP contribution in [0, 0.1) is 17.8 Å². The van der Waals surface area contributed by atoms with E-state index >= 15 is 0 Å². The van der Waals surface area contributed by atoms with Crippen LogP contribution in [0.15, 0.2) is 30.3 Å². The highest BCUT2D eigenvalue weighted by Gasteiger charge is 2.52. The first-order chi connectivity index (χ1) is 11.7. The summed E-state index contributed by atoms with van der Waals surface area (Å²) in [6, 6.07) is 9.93. The number of nitrogens with one attached hydrogen (secondary N) is 3. The maximum Gasteiger partial charge on any atom is 0.257 e. The predicted molar refractivity (Wildman–Crippen MR) is 99.3 cm³/mol. The molecule has 1 saturated heterocycles. The molecule has 4 atom stereocenters. The molecule has 0 spiro atoms. The first-order valence-corrected chi connectivity index (χ1v) is 9.21. The van der Waals surface area contributed by atoms with Gasteiger partial charge in [0, 0.05) is 12.0 Å². The number of amides is 1. The van der Waals surface area contributed by atoms with E-state index in [0.29, 0.717) is 30.1 Å². The third-order valence-corrected chi connectivity index (χ3v) is 6.18. The highest BCUT2D eigenvalue weighted by Crippen LogP contribution is 2.42. The van der Waals surface area contributed by atoms with Crippen LogP contribution in [0.2, 0.25) is 0 Å². The molecule has 0 bridgehead atoms. The maximum absolute atomic E-state index is 12.9. The Morgan fingerprint density at radius 2 is 1.80 bits per heavy atom. The Kier molecular flexibility index (Phi) is 5.68. The molecule has 2 saturated carbocycles. The Morgan fingerprint density at radius 1 is 1.16 bits per heavy atom. The van der Waals surface area contributed by atoms with Crippen molar-refractivity contribution in [3.05, 3.63) is 35.9 Å². The summed E-state index contributed by atoms with van der Waals surface area (Å²) in [5, 5.41) is 21.1. The SMILES string of the molecule is Cl.O=C(NCNC1[C@H]2CNC[C@@H]12)[C@](O)(c1ccccc1)C1CCCC1. The Morgan fingerprint density at radius 3 is 2.44 bits per heavy atom. The van der Waals surface area contributed by atoms with E-state index in [1.807, 2.05) is 30.3 Å². The number of benzene rings is 1. The molecule has 6 heteroatoms. The molecule has 1 amide bonds. The van der Waals surface area contributed by atoms with Crippen LogP contribution in [0.25, 0.3) is 0 Å². The minimum absolute atomic E-state index is 0. The van der Waals surface area contributed by atoms with Crippen LogP contribution in [-0.2, 0) is 10.4 Å². The van der Waals surface area contributed by atoms with Crippen LogP contribution in [-0.4, -0.2) is 36.8 Å². The van der Waals surface area contributed by atoms with Crippen molar-refractivity contribution in [2.45, 2.75) is 37.3 Å². The zero-order valence-corrected chi connectivity index (χ0v) is 15.2. The highest BCUT2D eigenvalue weighted by molar-refractivity contribution is 5.86. The number of carbonyl (C=O) groups excluding carboxylic acids is 1. The topological polar surface area (TPSA) is 73.4 Å². The molecule has 25 heavy (non-hydrogen) atoms. The normalized spacial score (nSPS) is 30.2. The summed E-state index contributed by atoms with van der Waals surface area (Å²) in [6.07, 6.45) is 3.99. The smallest absolute Gasteiger partial charge is 0.257 e. The minimum Gasteiger partial charge on any atom is -0.375 e. The number of rotatable bonds is 6. The van der Waals surface area contributed by atoms with Crippen LogP contribution in [0.5, 0.6) is 0 Å². The highest BCUT2D eigenvalue weighted by atomic mass is 35.5. The van der Waals surface area contributed by atoms with Gasteiger partial charge in [0.1, 0.15) is 0 Å². The summed E-state index contributed by atoms with van der Waals surface area (Å²) < 4.78 is 0. The fourth-order valence-electron chi connectivity index (χ4n) is 4.69. The van der Waals surface area contributed by atoms with Gasteiger partial charge in [-0.05, 0) is 43.3 Å². The molecule has 1 heterocycles. The number of hydrogen-bond donors (Lipinski definition) is 4. The monoisotopic (exact) mass is 365 g/mol. The Balaban J connectivity index is 0.00000182. The molecular formula is C19H28ClN3O2. The van der Waals surface area contributed by atoms with Gasteiger partial charge in [0.25, 0.3) is 5.91 Å². The molecule has 0 aromatic heterocycles. The lowest BCUT2D eigenvalue weighted by Gasteiger charge is -2.33. The van der Waals surface area contributed by atoms with Crippen LogP contribution in [0.1, 0.15) is 31.2 Å². The van der Waals surface area contributed by atoms with Crippen LogP contribution in [0.4, 0.5) is 0 Å². The molecular weight excluding hydrogens is 338 g/mol. The van der Waals surface area contributed by atoms with Gasteiger partial charge in [0.15, 0.2) is 5.60 Å². The van der Waals surface area contributed by atoms with Gasteiger partial charge < -0.3 is 15.7 Å². The lowest BCUT2D eigenvalue weighted by Crippen LogP contribution is -2.51. The Bertz CT molecular complexity index is 584. The Hall–Kier alpha value is -1.14. The summed E-state index contributed by atoms with van der Waals surface area (Å²) in [5.41, 5.74) is -0.706. The molecule has 3 fully saturated rings. The second kappa shape index (κ2) is 7.62. The first-order valence-electron chi connectivity index (χ1n) is 9.21. The maximum atomic E-state index is 12.9. The lowest BCUT2D eigenvalue weighted by atomic mass is 9.79. The van der Waals surface area contributed by atoms with Crippen molar-refractivity contribution in [1.82, 2.24) is 16.0 Å². The van der Waals surface area contributed by atoms with Gasteiger partial charge in [0.05, 0.1) is 6.67 Å².